The Hall–Kier alpha value is -4.83. The monoisotopic (exact) mass is 533 g/mol. The quantitative estimate of drug-likeness (QED) is 0.211. The summed E-state index contributed by atoms with van der Waals surface area (Å²) in [6.07, 6.45) is 3.75. The maximum atomic E-state index is 6.38. The van der Waals surface area contributed by atoms with Crippen molar-refractivity contribution >= 4 is 44.8 Å². The van der Waals surface area contributed by atoms with Crippen molar-refractivity contribution in [1.29, 1.82) is 0 Å². The van der Waals surface area contributed by atoms with Crippen LogP contribution in [0.5, 0.6) is 0 Å². The van der Waals surface area contributed by atoms with Crippen molar-refractivity contribution in [2.75, 3.05) is 9.80 Å². The second-order valence-electron chi connectivity index (χ2n) is 11.1. The molecule has 0 amide bonds. The van der Waals surface area contributed by atoms with Crippen LogP contribution < -0.4 is 9.80 Å². The number of hydrogen-bond acceptors (Lipinski definition) is 4. The van der Waals surface area contributed by atoms with Gasteiger partial charge in [0.05, 0.1) is 11.4 Å². The van der Waals surface area contributed by atoms with Crippen LogP contribution in [0.4, 0.5) is 22.9 Å². The Balaban J connectivity index is 1.48. The Morgan fingerprint density at radius 3 is 2.29 bits per heavy atom. The average molecular weight is 534 g/mol. The topological polar surface area (TPSA) is 32.5 Å². The lowest BCUT2D eigenvalue weighted by atomic mass is 9.66. The third-order valence-corrected chi connectivity index (χ3v) is 9.40. The highest BCUT2D eigenvalue weighted by Gasteiger charge is 2.52. The molecule has 8 rings (SSSR count). The highest BCUT2D eigenvalue weighted by molar-refractivity contribution is 6.16. The largest absolute Gasteiger partial charge is 0.456 e. The van der Waals surface area contributed by atoms with Crippen molar-refractivity contribution in [2.24, 2.45) is 0 Å². The molecule has 4 nitrogen and oxygen atoms in total. The van der Waals surface area contributed by atoms with Crippen LogP contribution in [0.15, 0.2) is 126 Å². The molecule has 2 aliphatic heterocycles. The van der Waals surface area contributed by atoms with Crippen LogP contribution in [0.25, 0.3) is 33.1 Å². The van der Waals surface area contributed by atoms with E-state index in [0.717, 1.165) is 63.1 Å². The predicted molar refractivity (Wildman–Crippen MR) is 169 cm³/mol. The van der Waals surface area contributed by atoms with E-state index < -0.39 is 0 Å². The molecule has 41 heavy (non-hydrogen) atoms. The van der Waals surface area contributed by atoms with Crippen molar-refractivity contribution in [1.82, 2.24) is 4.98 Å². The van der Waals surface area contributed by atoms with Gasteiger partial charge >= 0.3 is 0 Å². The Morgan fingerprint density at radius 2 is 1.46 bits per heavy atom. The summed E-state index contributed by atoms with van der Waals surface area (Å²) in [5.74, 6) is 0.961. The van der Waals surface area contributed by atoms with Crippen LogP contribution in [0.1, 0.15) is 32.3 Å². The predicted octanol–water partition coefficient (Wildman–Crippen LogP) is 9.89. The van der Waals surface area contributed by atoms with Crippen LogP contribution >= 0.6 is 0 Å². The Morgan fingerprint density at radius 1 is 0.732 bits per heavy atom. The average Bonchev–Trinajstić information content (AvgIpc) is 3.58. The molecule has 1 atom stereocenters. The number of rotatable bonds is 4. The lowest BCUT2D eigenvalue weighted by molar-refractivity contribution is 0.425. The zero-order valence-electron chi connectivity index (χ0n) is 23.3. The van der Waals surface area contributed by atoms with Gasteiger partial charge in [-0.2, -0.15) is 0 Å². The Bertz CT molecular complexity index is 1970. The summed E-state index contributed by atoms with van der Waals surface area (Å²) in [4.78, 5) is 9.86. The maximum Gasteiger partial charge on any atom is 0.159 e. The standard InChI is InChI=1S/C37H31N3O/c1-4-37(5-2)24(3)36-39(30-19-13-23-38-35(30)40(36)28-18-11-10-17-27(28)37)29-21-22-32-34(26-16-9-12-20-31(26)41-32)33(29)25-14-7-6-8-15-25/h6-23,36H,3-5H2,1-2H3. The summed E-state index contributed by atoms with van der Waals surface area (Å²) in [6, 6.07) is 36.5. The van der Waals surface area contributed by atoms with E-state index in [9.17, 15) is 0 Å². The lowest BCUT2D eigenvalue weighted by Crippen LogP contribution is -2.50. The maximum absolute atomic E-state index is 6.38. The molecule has 0 spiro atoms. The van der Waals surface area contributed by atoms with Crippen LogP contribution in [0, 0.1) is 0 Å². The summed E-state index contributed by atoms with van der Waals surface area (Å²) in [6.45, 7) is 9.48. The minimum absolute atomic E-state index is 0.118. The SMILES string of the molecule is C=C1C2N(c3ccc4oc5ccccc5c4c3-c3ccccc3)c3cccnc3N2c2ccccc2C1(CC)CC. The Labute approximate surface area is 240 Å². The smallest absolute Gasteiger partial charge is 0.159 e. The van der Waals surface area contributed by atoms with E-state index in [0.29, 0.717) is 0 Å². The molecule has 4 aromatic carbocycles. The van der Waals surface area contributed by atoms with Gasteiger partial charge in [-0.25, -0.2) is 4.98 Å². The zero-order chi connectivity index (χ0) is 27.7. The number of fused-ring (bicyclic) bond motifs is 8. The van der Waals surface area contributed by atoms with E-state index >= 15 is 0 Å². The van der Waals surface area contributed by atoms with E-state index in [-0.39, 0.29) is 11.6 Å². The molecule has 0 bridgehead atoms. The fourth-order valence-corrected chi connectivity index (χ4v) is 7.44. The van der Waals surface area contributed by atoms with Gasteiger partial charge in [0.1, 0.15) is 17.3 Å². The summed E-state index contributed by atoms with van der Waals surface area (Å²) < 4.78 is 6.38. The number of benzene rings is 4. The van der Waals surface area contributed by atoms with Gasteiger partial charge in [0.15, 0.2) is 5.82 Å². The van der Waals surface area contributed by atoms with Gasteiger partial charge < -0.3 is 9.32 Å². The van der Waals surface area contributed by atoms with Gasteiger partial charge in [-0.1, -0.05) is 87.2 Å². The number of aromatic nitrogens is 1. The van der Waals surface area contributed by atoms with Gasteiger partial charge in [0, 0.05) is 33.6 Å². The third-order valence-electron chi connectivity index (χ3n) is 9.40. The van der Waals surface area contributed by atoms with Crippen LogP contribution in [0.2, 0.25) is 0 Å². The molecule has 4 heterocycles. The molecule has 1 unspecified atom stereocenters. The van der Waals surface area contributed by atoms with Crippen LogP contribution in [0.3, 0.4) is 0 Å². The number of nitrogens with zero attached hydrogens (tertiary/aromatic N) is 3. The normalized spacial score (nSPS) is 17.1. The minimum atomic E-state index is -0.141. The fraction of sp³-hybridized carbons (Fsp3) is 0.162. The summed E-state index contributed by atoms with van der Waals surface area (Å²) in [7, 11) is 0. The lowest BCUT2D eigenvalue weighted by Gasteiger charge is -2.49. The molecule has 200 valence electrons. The van der Waals surface area contributed by atoms with E-state index in [2.05, 4.69) is 115 Å². The minimum Gasteiger partial charge on any atom is -0.456 e. The van der Waals surface area contributed by atoms with Gasteiger partial charge in [-0.05, 0) is 65.9 Å². The molecular formula is C37H31N3O. The molecular weight excluding hydrogens is 502 g/mol. The molecule has 2 aromatic heterocycles. The van der Waals surface area contributed by atoms with Gasteiger partial charge in [-0.15, -0.1) is 0 Å². The molecule has 2 aliphatic rings. The number of anilines is 4. The summed E-state index contributed by atoms with van der Waals surface area (Å²) in [5, 5.41) is 2.25. The fourth-order valence-electron chi connectivity index (χ4n) is 7.44. The van der Waals surface area contributed by atoms with Crippen molar-refractivity contribution in [3.63, 3.8) is 0 Å². The Kier molecular flexibility index (Phi) is 5.17. The second kappa shape index (κ2) is 8.84. The molecule has 0 N–H and O–H groups in total. The molecule has 0 saturated carbocycles. The van der Waals surface area contributed by atoms with E-state index in [1.165, 1.54) is 16.8 Å². The van der Waals surface area contributed by atoms with Crippen molar-refractivity contribution in [2.45, 2.75) is 38.3 Å². The number of pyridine rings is 1. The van der Waals surface area contributed by atoms with Crippen molar-refractivity contribution in [3.8, 4) is 11.1 Å². The molecule has 0 radical (unpaired) electrons. The molecule has 0 fully saturated rings. The van der Waals surface area contributed by atoms with Crippen LogP contribution in [-0.2, 0) is 5.41 Å². The number of furan rings is 1. The zero-order valence-corrected chi connectivity index (χ0v) is 23.3. The first-order valence-electron chi connectivity index (χ1n) is 14.5. The molecule has 4 heteroatoms. The van der Waals surface area contributed by atoms with Gasteiger partial charge in [-0.3, -0.25) is 4.90 Å². The first kappa shape index (κ1) is 24.0. The molecule has 6 aromatic rings. The second-order valence-corrected chi connectivity index (χ2v) is 11.1. The molecule has 0 aliphatic carbocycles. The van der Waals surface area contributed by atoms with Crippen molar-refractivity contribution in [3.05, 3.63) is 127 Å². The highest BCUT2D eigenvalue weighted by atomic mass is 16.3. The number of hydrogen-bond donors (Lipinski definition) is 0. The third kappa shape index (κ3) is 3.13. The van der Waals surface area contributed by atoms with E-state index in [4.69, 9.17) is 16.0 Å². The first-order valence-corrected chi connectivity index (χ1v) is 14.5. The first-order chi connectivity index (χ1) is 20.2. The highest BCUT2D eigenvalue weighted by Crippen LogP contribution is 2.59. The van der Waals surface area contributed by atoms with Crippen molar-refractivity contribution < 1.29 is 4.42 Å². The van der Waals surface area contributed by atoms with E-state index in [1.54, 1.807) is 0 Å². The summed E-state index contributed by atoms with van der Waals surface area (Å²) >= 11 is 0. The van der Waals surface area contributed by atoms with E-state index in [1.807, 2.05) is 18.3 Å². The molecule has 0 saturated heterocycles. The van der Waals surface area contributed by atoms with Gasteiger partial charge in [0.25, 0.3) is 0 Å². The number of para-hydroxylation sites is 2. The summed E-state index contributed by atoms with van der Waals surface area (Å²) in [5.41, 5.74) is 9.93. The van der Waals surface area contributed by atoms with Crippen LogP contribution in [-0.4, -0.2) is 11.1 Å². The van der Waals surface area contributed by atoms with Gasteiger partial charge in [0.2, 0.25) is 0 Å².